The average molecular weight is 230 g/mol. The second-order valence-electron chi connectivity index (χ2n) is 3.73. The Morgan fingerprint density at radius 2 is 2.00 bits per heavy atom. The van der Waals surface area contributed by atoms with Gasteiger partial charge in [0, 0.05) is 13.1 Å². The molecular weight excluding hydrogens is 212 g/mol. The van der Waals surface area contributed by atoms with Crippen LogP contribution in [0.3, 0.4) is 0 Å². The minimum Gasteiger partial charge on any atom is -0.350 e. The monoisotopic (exact) mass is 230 g/mol. The third kappa shape index (κ3) is 3.64. The van der Waals surface area contributed by atoms with E-state index in [4.69, 9.17) is 18.1 Å². The lowest BCUT2D eigenvalue weighted by Crippen LogP contribution is -2.52. The summed E-state index contributed by atoms with van der Waals surface area (Å²) in [7, 11) is 0. The van der Waals surface area contributed by atoms with Gasteiger partial charge in [-0.3, -0.25) is 4.79 Å². The SMILES string of the molecule is CC(NC(=S)NN)C(=O)N1CCCCC1. The van der Waals surface area contributed by atoms with Gasteiger partial charge in [0.2, 0.25) is 5.91 Å². The van der Waals surface area contributed by atoms with Gasteiger partial charge in [0.1, 0.15) is 6.04 Å². The first-order chi connectivity index (χ1) is 7.15. The lowest BCUT2D eigenvalue weighted by molar-refractivity contribution is -0.133. The molecule has 1 unspecified atom stereocenters. The van der Waals surface area contributed by atoms with Crippen molar-refractivity contribution < 1.29 is 4.79 Å². The predicted octanol–water partition coefficient (Wildman–Crippen LogP) is -0.275. The molecule has 0 spiro atoms. The van der Waals surface area contributed by atoms with Gasteiger partial charge in [0.05, 0.1) is 0 Å². The van der Waals surface area contributed by atoms with Gasteiger partial charge in [-0.15, -0.1) is 0 Å². The molecule has 1 aliphatic rings. The molecule has 4 N–H and O–H groups in total. The van der Waals surface area contributed by atoms with Crippen molar-refractivity contribution in [2.45, 2.75) is 32.2 Å². The van der Waals surface area contributed by atoms with Gasteiger partial charge < -0.3 is 15.6 Å². The average Bonchev–Trinajstić information content (AvgIpc) is 2.29. The first-order valence-corrected chi connectivity index (χ1v) is 5.62. The summed E-state index contributed by atoms with van der Waals surface area (Å²) in [5.74, 6) is 5.21. The number of hydrogen-bond donors (Lipinski definition) is 3. The normalized spacial score (nSPS) is 18.1. The van der Waals surface area contributed by atoms with Gasteiger partial charge in [-0.2, -0.15) is 0 Å². The summed E-state index contributed by atoms with van der Waals surface area (Å²) in [5, 5.41) is 3.13. The van der Waals surface area contributed by atoms with Gasteiger partial charge in [-0.1, -0.05) is 0 Å². The van der Waals surface area contributed by atoms with Gasteiger partial charge in [0.25, 0.3) is 0 Å². The summed E-state index contributed by atoms with van der Waals surface area (Å²) in [6, 6.07) is -0.313. The lowest BCUT2D eigenvalue weighted by Gasteiger charge is -2.29. The number of nitrogens with zero attached hydrogens (tertiary/aromatic N) is 1. The van der Waals surface area contributed by atoms with E-state index in [1.807, 2.05) is 4.90 Å². The highest BCUT2D eigenvalue weighted by molar-refractivity contribution is 7.80. The van der Waals surface area contributed by atoms with Crippen LogP contribution in [0.5, 0.6) is 0 Å². The highest BCUT2D eigenvalue weighted by Gasteiger charge is 2.22. The van der Waals surface area contributed by atoms with E-state index in [1.165, 1.54) is 6.42 Å². The molecule has 86 valence electrons. The molecule has 1 heterocycles. The molecule has 1 amide bonds. The Kier molecular flexibility index (Phi) is 4.77. The highest BCUT2D eigenvalue weighted by atomic mass is 32.1. The quantitative estimate of drug-likeness (QED) is 0.346. The van der Waals surface area contributed by atoms with Crippen LogP contribution in [0.4, 0.5) is 0 Å². The topological polar surface area (TPSA) is 70.4 Å². The van der Waals surface area contributed by atoms with Crippen LogP contribution in [0.15, 0.2) is 0 Å². The van der Waals surface area contributed by atoms with E-state index >= 15 is 0 Å². The molecule has 15 heavy (non-hydrogen) atoms. The van der Waals surface area contributed by atoms with Gasteiger partial charge in [0.15, 0.2) is 5.11 Å². The number of hydrazine groups is 1. The fraction of sp³-hybridized carbons (Fsp3) is 0.778. The van der Waals surface area contributed by atoms with Crippen LogP contribution < -0.4 is 16.6 Å². The zero-order valence-corrected chi connectivity index (χ0v) is 9.77. The van der Waals surface area contributed by atoms with E-state index < -0.39 is 0 Å². The van der Waals surface area contributed by atoms with Crippen molar-refractivity contribution in [2.24, 2.45) is 5.84 Å². The molecule has 1 saturated heterocycles. The standard InChI is InChI=1S/C9H18N4OS/c1-7(11-9(15)12-10)8(14)13-5-3-2-4-6-13/h7H,2-6,10H2,1H3,(H2,11,12,15). The fourth-order valence-electron chi connectivity index (χ4n) is 1.69. The van der Waals surface area contributed by atoms with Crippen molar-refractivity contribution in [3.8, 4) is 0 Å². The first kappa shape index (κ1) is 12.2. The Morgan fingerprint density at radius 1 is 1.40 bits per heavy atom. The van der Waals surface area contributed by atoms with E-state index in [2.05, 4.69) is 10.7 Å². The molecule has 0 aromatic rings. The van der Waals surface area contributed by atoms with E-state index in [0.717, 1.165) is 25.9 Å². The largest absolute Gasteiger partial charge is 0.350 e. The number of carbonyl (C=O) groups is 1. The van der Waals surface area contributed by atoms with Crippen molar-refractivity contribution in [3.63, 3.8) is 0 Å². The molecule has 6 heteroatoms. The molecule has 0 aliphatic carbocycles. The van der Waals surface area contributed by atoms with Gasteiger partial charge in [-0.05, 0) is 38.4 Å². The zero-order chi connectivity index (χ0) is 11.3. The maximum Gasteiger partial charge on any atom is 0.244 e. The number of thiocarbonyl (C=S) groups is 1. The van der Waals surface area contributed by atoms with Crippen LogP contribution in [0.1, 0.15) is 26.2 Å². The van der Waals surface area contributed by atoms with Crippen LogP contribution in [-0.2, 0) is 4.79 Å². The van der Waals surface area contributed by atoms with Crippen molar-refractivity contribution in [1.82, 2.24) is 15.6 Å². The number of nitrogens with one attached hydrogen (secondary N) is 2. The number of amides is 1. The summed E-state index contributed by atoms with van der Waals surface area (Å²) in [6.07, 6.45) is 3.41. The molecule has 0 radical (unpaired) electrons. The summed E-state index contributed by atoms with van der Waals surface area (Å²) in [6.45, 7) is 3.50. The minimum absolute atomic E-state index is 0.0901. The predicted molar refractivity (Wildman–Crippen MR) is 62.9 cm³/mol. The number of piperidine rings is 1. The Balaban J connectivity index is 2.40. The van der Waals surface area contributed by atoms with Crippen LogP contribution in [0.2, 0.25) is 0 Å². The smallest absolute Gasteiger partial charge is 0.244 e. The third-order valence-corrected chi connectivity index (χ3v) is 2.75. The lowest BCUT2D eigenvalue weighted by atomic mass is 10.1. The maximum atomic E-state index is 11.9. The van der Waals surface area contributed by atoms with Gasteiger partial charge >= 0.3 is 0 Å². The summed E-state index contributed by atoms with van der Waals surface area (Å²) in [4.78, 5) is 13.8. The van der Waals surface area contributed by atoms with Crippen molar-refractivity contribution in [1.29, 1.82) is 0 Å². The van der Waals surface area contributed by atoms with Crippen molar-refractivity contribution in [3.05, 3.63) is 0 Å². The molecule has 0 saturated carbocycles. The Bertz CT molecular complexity index is 240. The third-order valence-electron chi connectivity index (χ3n) is 2.52. The number of hydrogen-bond acceptors (Lipinski definition) is 3. The molecule has 0 aromatic heterocycles. The molecule has 0 bridgehead atoms. The van der Waals surface area contributed by atoms with Crippen LogP contribution in [-0.4, -0.2) is 35.1 Å². The molecule has 1 fully saturated rings. The molecule has 1 rings (SSSR count). The summed E-state index contributed by atoms with van der Waals surface area (Å²) in [5.41, 5.74) is 2.30. The van der Waals surface area contributed by atoms with Crippen LogP contribution in [0, 0.1) is 0 Å². The van der Waals surface area contributed by atoms with E-state index in [-0.39, 0.29) is 11.9 Å². The van der Waals surface area contributed by atoms with Crippen LogP contribution in [0.25, 0.3) is 0 Å². The fourth-order valence-corrected chi connectivity index (χ4v) is 1.86. The maximum absolute atomic E-state index is 11.9. The Labute approximate surface area is 95.3 Å². The number of rotatable bonds is 2. The number of likely N-dealkylation sites (tertiary alicyclic amines) is 1. The molecule has 1 atom stereocenters. The van der Waals surface area contributed by atoms with Gasteiger partial charge in [-0.25, -0.2) is 5.84 Å². The first-order valence-electron chi connectivity index (χ1n) is 5.21. The minimum atomic E-state index is -0.313. The number of nitrogens with two attached hydrogens (primary N) is 1. The second-order valence-corrected chi connectivity index (χ2v) is 4.13. The van der Waals surface area contributed by atoms with E-state index in [1.54, 1.807) is 6.92 Å². The van der Waals surface area contributed by atoms with Crippen LogP contribution >= 0.6 is 12.2 Å². The highest BCUT2D eigenvalue weighted by Crippen LogP contribution is 2.09. The Hall–Kier alpha value is -0.880. The number of carbonyl (C=O) groups excluding carboxylic acids is 1. The zero-order valence-electron chi connectivity index (χ0n) is 8.95. The van der Waals surface area contributed by atoms with Crippen molar-refractivity contribution >= 4 is 23.2 Å². The summed E-state index contributed by atoms with van der Waals surface area (Å²) < 4.78 is 0. The Morgan fingerprint density at radius 3 is 2.53 bits per heavy atom. The second kappa shape index (κ2) is 5.87. The van der Waals surface area contributed by atoms with Crippen molar-refractivity contribution in [2.75, 3.05) is 13.1 Å². The molecule has 1 aliphatic heterocycles. The molecule has 0 aromatic carbocycles. The molecule has 5 nitrogen and oxygen atoms in total. The van der Waals surface area contributed by atoms with E-state index in [0.29, 0.717) is 5.11 Å². The summed E-state index contributed by atoms with van der Waals surface area (Å²) >= 11 is 4.83. The molecular formula is C9H18N4OS. The van der Waals surface area contributed by atoms with E-state index in [9.17, 15) is 4.79 Å².